The minimum absolute atomic E-state index is 0.171. The second-order valence-electron chi connectivity index (χ2n) is 5.70. The first-order chi connectivity index (χ1) is 10.5. The Kier molecular flexibility index (Phi) is 3.60. The van der Waals surface area contributed by atoms with Crippen LogP contribution in [0.2, 0.25) is 0 Å². The van der Waals surface area contributed by atoms with E-state index in [2.05, 4.69) is 10.6 Å². The number of amides is 2. The Bertz CT molecular complexity index is 656. The largest absolute Gasteiger partial charge is 0.455 e. The number of hydrogen-bond donors (Lipinski definition) is 2. The normalized spacial score (nSPS) is 26.4. The van der Waals surface area contributed by atoms with E-state index < -0.39 is 24.0 Å². The molecule has 0 aromatic heterocycles. The highest BCUT2D eigenvalue weighted by Crippen LogP contribution is 2.42. The van der Waals surface area contributed by atoms with Gasteiger partial charge in [-0.15, -0.1) is 0 Å². The molecule has 0 bridgehead atoms. The second kappa shape index (κ2) is 5.44. The summed E-state index contributed by atoms with van der Waals surface area (Å²) in [5.41, 5.74) is 2.47. The topological polar surface area (TPSA) is 84.5 Å². The Balaban J connectivity index is 1.90. The SMILES string of the molecule is CCC(=O)NC1CC2C(=O)Nc3c(C)cccc3C2OC1=O. The molecule has 0 spiro atoms. The van der Waals surface area contributed by atoms with Crippen molar-refractivity contribution in [1.29, 1.82) is 0 Å². The molecular weight excluding hydrogens is 284 g/mol. The van der Waals surface area contributed by atoms with E-state index >= 15 is 0 Å². The average molecular weight is 302 g/mol. The third-order valence-electron chi connectivity index (χ3n) is 4.24. The van der Waals surface area contributed by atoms with Crippen molar-refractivity contribution in [2.24, 2.45) is 5.92 Å². The number of ether oxygens (including phenoxy) is 1. The molecule has 116 valence electrons. The zero-order valence-corrected chi connectivity index (χ0v) is 12.5. The minimum atomic E-state index is -0.759. The van der Waals surface area contributed by atoms with Gasteiger partial charge in [-0.05, 0) is 18.9 Å². The van der Waals surface area contributed by atoms with Crippen LogP contribution in [0, 0.1) is 12.8 Å². The summed E-state index contributed by atoms with van der Waals surface area (Å²) in [4.78, 5) is 36.0. The number of rotatable bonds is 2. The summed E-state index contributed by atoms with van der Waals surface area (Å²) in [6.07, 6.45) is -0.0356. The smallest absolute Gasteiger partial charge is 0.329 e. The van der Waals surface area contributed by atoms with Gasteiger partial charge in [0.1, 0.15) is 12.1 Å². The fraction of sp³-hybridized carbons (Fsp3) is 0.438. The molecule has 0 saturated carbocycles. The molecule has 1 saturated heterocycles. The maximum Gasteiger partial charge on any atom is 0.329 e. The van der Waals surface area contributed by atoms with Crippen LogP contribution < -0.4 is 10.6 Å². The minimum Gasteiger partial charge on any atom is -0.455 e. The first kappa shape index (κ1) is 14.6. The molecule has 22 heavy (non-hydrogen) atoms. The molecule has 0 aliphatic carbocycles. The van der Waals surface area contributed by atoms with Gasteiger partial charge < -0.3 is 15.4 Å². The summed E-state index contributed by atoms with van der Waals surface area (Å²) in [6, 6.07) is 4.87. The van der Waals surface area contributed by atoms with E-state index in [1.165, 1.54) is 0 Å². The van der Waals surface area contributed by atoms with Crippen LogP contribution in [0.25, 0.3) is 0 Å². The second-order valence-corrected chi connectivity index (χ2v) is 5.70. The highest BCUT2D eigenvalue weighted by molar-refractivity contribution is 5.99. The number of carbonyl (C=O) groups excluding carboxylic acids is 3. The van der Waals surface area contributed by atoms with Crippen LogP contribution in [-0.2, 0) is 19.1 Å². The zero-order chi connectivity index (χ0) is 15.9. The third-order valence-corrected chi connectivity index (χ3v) is 4.24. The predicted molar refractivity (Wildman–Crippen MR) is 79.0 cm³/mol. The van der Waals surface area contributed by atoms with Crippen LogP contribution >= 0.6 is 0 Å². The molecule has 0 radical (unpaired) electrons. The Morgan fingerprint density at radius 2 is 2.18 bits per heavy atom. The molecule has 6 heteroatoms. The van der Waals surface area contributed by atoms with Gasteiger partial charge in [-0.3, -0.25) is 9.59 Å². The predicted octanol–water partition coefficient (Wildman–Crippen LogP) is 1.45. The molecule has 1 aromatic carbocycles. The maximum absolute atomic E-state index is 12.3. The highest BCUT2D eigenvalue weighted by Gasteiger charge is 2.46. The van der Waals surface area contributed by atoms with E-state index in [0.717, 1.165) is 16.8 Å². The van der Waals surface area contributed by atoms with Crippen LogP contribution in [0.3, 0.4) is 0 Å². The summed E-state index contributed by atoms with van der Waals surface area (Å²) in [5.74, 6) is -1.36. The van der Waals surface area contributed by atoms with Crippen LogP contribution in [0.4, 0.5) is 5.69 Å². The molecule has 3 unspecified atom stereocenters. The van der Waals surface area contributed by atoms with Crippen molar-refractivity contribution in [3.63, 3.8) is 0 Å². The summed E-state index contributed by atoms with van der Waals surface area (Å²) in [5, 5.41) is 5.50. The molecule has 1 fully saturated rings. The highest BCUT2D eigenvalue weighted by atomic mass is 16.5. The Hall–Kier alpha value is -2.37. The molecule has 2 N–H and O–H groups in total. The fourth-order valence-corrected chi connectivity index (χ4v) is 3.02. The lowest BCUT2D eigenvalue weighted by Crippen LogP contribution is -2.51. The number of hydrogen-bond acceptors (Lipinski definition) is 4. The van der Waals surface area contributed by atoms with Gasteiger partial charge in [0.2, 0.25) is 11.8 Å². The van der Waals surface area contributed by atoms with Gasteiger partial charge in [0.05, 0.1) is 11.6 Å². The molecular formula is C16H18N2O4. The molecule has 2 aliphatic rings. The lowest BCUT2D eigenvalue weighted by molar-refractivity contribution is -0.166. The van der Waals surface area contributed by atoms with Gasteiger partial charge in [-0.2, -0.15) is 0 Å². The summed E-state index contributed by atoms with van der Waals surface area (Å²) < 4.78 is 5.49. The number of aryl methyl sites for hydroxylation is 1. The average Bonchev–Trinajstić information content (AvgIpc) is 2.50. The number of fused-ring (bicyclic) bond motifs is 3. The van der Waals surface area contributed by atoms with Crippen molar-refractivity contribution in [3.8, 4) is 0 Å². The number of para-hydroxylation sites is 1. The molecule has 3 atom stereocenters. The van der Waals surface area contributed by atoms with E-state index in [-0.39, 0.29) is 24.7 Å². The summed E-state index contributed by atoms with van der Waals surface area (Å²) >= 11 is 0. The Morgan fingerprint density at radius 1 is 1.41 bits per heavy atom. The van der Waals surface area contributed by atoms with Gasteiger partial charge in [0.15, 0.2) is 0 Å². The van der Waals surface area contributed by atoms with Crippen molar-refractivity contribution in [3.05, 3.63) is 29.3 Å². The van der Waals surface area contributed by atoms with Crippen molar-refractivity contribution < 1.29 is 19.1 Å². The van der Waals surface area contributed by atoms with E-state index in [1.54, 1.807) is 6.92 Å². The number of anilines is 1. The fourth-order valence-electron chi connectivity index (χ4n) is 3.02. The third kappa shape index (κ3) is 2.34. The van der Waals surface area contributed by atoms with Gasteiger partial charge in [0, 0.05) is 12.0 Å². The van der Waals surface area contributed by atoms with Gasteiger partial charge >= 0.3 is 5.97 Å². The van der Waals surface area contributed by atoms with Crippen molar-refractivity contribution in [2.45, 2.75) is 38.8 Å². The van der Waals surface area contributed by atoms with Gasteiger partial charge in [-0.25, -0.2) is 4.79 Å². The standard InChI is InChI=1S/C16H18N2O4/c1-3-12(19)17-11-7-10-14(22-16(11)21)9-6-4-5-8(2)13(9)18-15(10)20/h4-6,10-11,14H,3,7H2,1-2H3,(H,17,19)(H,18,20). The Morgan fingerprint density at radius 3 is 2.91 bits per heavy atom. The number of carbonyl (C=O) groups is 3. The molecule has 6 nitrogen and oxygen atoms in total. The summed E-state index contributed by atoms with van der Waals surface area (Å²) in [6.45, 7) is 3.60. The van der Waals surface area contributed by atoms with E-state index in [1.807, 2.05) is 25.1 Å². The van der Waals surface area contributed by atoms with Crippen LogP contribution in [0.1, 0.15) is 37.0 Å². The maximum atomic E-state index is 12.3. The quantitative estimate of drug-likeness (QED) is 0.810. The zero-order valence-electron chi connectivity index (χ0n) is 12.5. The molecule has 1 aromatic rings. The molecule has 3 rings (SSSR count). The summed E-state index contributed by atoms with van der Waals surface area (Å²) in [7, 11) is 0. The van der Waals surface area contributed by atoms with Crippen molar-refractivity contribution >= 4 is 23.5 Å². The van der Waals surface area contributed by atoms with Gasteiger partial charge in [-0.1, -0.05) is 25.1 Å². The monoisotopic (exact) mass is 302 g/mol. The van der Waals surface area contributed by atoms with Crippen molar-refractivity contribution in [2.75, 3.05) is 5.32 Å². The molecule has 2 aliphatic heterocycles. The van der Waals surface area contributed by atoms with E-state index in [0.29, 0.717) is 0 Å². The lowest BCUT2D eigenvalue weighted by atomic mass is 9.82. The number of benzene rings is 1. The van der Waals surface area contributed by atoms with Gasteiger partial charge in [0.25, 0.3) is 0 Å². The van der Waals surface area contributed by atoms with Crippen LogP contribution in [0.15, 0.2) is 18.2 Å². The van der Waals surface area contributed by atoms with E-state index in [4.69, 9.17) is 4.74 Å². The number of esters is 1. The molecule has 2 heterocycles. The van der Waals surface area contributed by atoms with E-state index in [9.17, 15) is 14.4 Å². The molecule has 2 amide bonds. The van der Waals surface area contributed by atoms with Crippen LogP contribution in [-0.4, -0.2) is 23.8 Å². The van der Waals surface area contributed by atoms with Crippen molar-refractivity contribution in [1.82, 2.24) is 5.32 Å². The first-order valence-corrected chi connectivity index (χ1v) is 7.41. The first-order valence-electron chi connectivity index (χ1n) is 7.41. The lowest BCUT2D eigenvalue weighted by Gasteiger charge is -2.39. The number of nitrogens with one attached hydrogen (secondary N) is 2. The van der Waals surface area contributed by atoms with Crippen LogP contribution in [0.5, 0.6) is 0 Å². The Labute approximate surface area is 128 Å².